The number of rotatable bonds is 7. The highest BCUT2D eigenvalue weighted by Gasteiger charge is 2.07. The third-order valence-electron chi connectivity index (χ3n) is 2.38. The smallest absolute Gasteiger partial charge is 0.0616 e. The number of methoxy groups -OCH3 is 1. The van der Waals surface area contributed by atoms with Gasteiger partial charge in [-0.05, 0) is 18.1 Å². The molecule has 1 unspecified atom stereocenters. The van der Waals surface area contributed by atoms with Crippen molar-refractivity contribution < 1.29 is 9.84 Å². The van der Waals surface area contributed by atoms with E-state index in [1.165, 1.54) is 0 Å². The average molecular weight is 244 g/mol. The van der Waals surface area contributed by atoms with Crippen LogP contribution in [0.1, 0.15) is 12.0 Å². The van der Waals surface area contributed by atoms with Gasteiger partial charge in [0.15, 0.2) is 0 Å². The maximum absolute atomic E-state index is 8.89. The van der Waals surface area contributed by atoms with E-state index in [0.717, 1.165) is 10.6 Å². The summed E-state index contributed by atoms with van der Waals surface area (Å²) in [7, 11) is 1.65. The van der Waals surface area contributed by atoms with Crippen molar-refractivity contribution in [1.82, 2.24) is 5.32 Å². The Balaban J connectivity index is 2.45. The van der Waals surface area contributed by atoms with E-state index in [1.54, 1.807) is 7.11 Å². The monoisotopic (exact) mass is 243 g/mol. The summed E-state index contributed by atoms with van der Waals surface area (Å²) in [6.45, 7) is 1.43. The molecule has 0 heterocycles. The first-order chi connectivity index (χ1) is 7.77. The van der Waals surface area contributed by atoms with E-state index in [1.807, 2.05) is 24.3 Å². The zero-order valence-electron chi connectivity index (χ0n) is 9.45. The molecule has 0 aromatic heterocycles. The lowest BCUT2D eigenvalue weighted by Gasteiger charge is -2.17. The Morgan fingerprint density at radius 1 is 1.44 bits per heavy atom. The van der Waals surface area contributed by atoms with Crippen molar-refractivity contribution in [2.24, 2.45) is 0 Å². The van der Waals surface area contributed by atoms with Crippen molar-refractivity contribution in [3.8, 4) is 0 Å². The summed E-state index contributed by atoms with van der Waals surface area (Å²) in [6, 6.07) is 7.88. The minimum Gasteiger partial charge on any atom is -0.396 e. The fourth-order valence-electron chi connectivity index (χ4n) is 1.50. The molecule has 4 heteroatoms. The van der Waals surface area contributed by atoms with Crippen LogP contribution < -0.4 is 5.32 Å². The lowest BCUT2D eigenvalue weighted by molar-refractivity contribution is 0.148. The highest BCUT2D eigenvalue weighted by Crippen LogP contribution is 2.14. The first-order valence-corrected chi connectivity index (χ1v) is 5.72. The molecule has 0 saturated heterocycles. The minimum absolute atomic E-state index is 0.156. The second-order valence-corrected chi connectivity index (χ2v) is 4.04. The standard InChI is InChI=1S/C12H18ClNO2/c1-16-9-11(6-7-15)14-8-10-4-2-3-5-12(10)13/h2-5,11,14-15H,6-9H2,1H3. The molecule has 1 atom stereocenters. The average Bonchev–Trinajstić information content (AvgIpc) is 2.28. The van der Waals surface area contributed by atoms with E-state index >= 15 is 0 Å². The zero-order valence-corrected chi connectivity index (χ0v) is 10.2. The van der Waals surface area contributed by atoms with Crippen molar-refractivity contribution >= 4 is 11.6 Å². The molecule has 3 nitrogen and oxygen atoms in total. The number of aliphatic hydroxyl groups excluding tert-OH is 1. The third kappa shape index (κ3) is 4.49. The summed E-state index contributed by atoms with van der Waals surface area (Å²) in [5.74, 6) is 0. The summed E-state index contributed by atoms with van der Waals surface area (Å²) >= 11 is 6.04. The molecule has 0 radical (unpaired) electrons. The molecular weight excluding hydrogens is 226 g/mol. The normalized spacial score (nSPS) is 12.7. The van der Waals surface area contributed by atoms with E-state index in [9.17, 15) is 0 Å². The van der Waals surface area contributed by atoms with Gasteiger partial charge in [-0.25, -0.2) is 0 Å². The second kappa shape index (κ2) is 7.63. The first-order valence-electron chi connectivity index (χ1n) is 5.34. The molecule has 0 aliphatic rings. The Morgan fingerprint density at radius 3 is 2.81 bits per heavy atom. The molecule has 2 N–H and O–H groups in total. The van der Waals surface area contributed by atoms with E-state index < -0.39 is 0 Å². The molecule has 0 amide bonds. The Bertz CT molecular complexity index is 301. The van der Waals surface area contributed by atoms with Crippen LogP contribution in [0.3, 0.4) is 0 Å². The lowest BCUT2D eigenvalue weighted by Crippen LogP contribution is -2.33. The maximum atomic E-state index is 8.89. The highest BCUT2D eigenvalue weighted by atomic mass is 35.5. The predicted molar refractivity (Wildman–Crippen MR) is 65.7 cm³/mol. The zero-order chi connectivity index (χ0) is 11.8. The van der Waals surface area contributed by atoms with Gasteiger partial charge in [-0.15, -0.1) is 0 Å². The van der Waals surface area contributed by atoms with Crippen LogP contribution in [-0.2, 0) is 11.3 Å². The summed E-state index contributed by atoms with van der Waals surface area (Å²) in [4.78, 5) is 0. The highest BCUT2D eigenvalue weighted by molar-refractivity contribution is 6.31. The van der Waals surface area contributed by atoms with Gasteiger partial charge in [-0.2, -0.15) is 0 Å². The molecule has 0 spiro atoms. The largest absolute Gasteiger partial charge is 0.396 e. The molecule has 90 valence electrons. The molecule has 0 saturated carbocycles. The number of halogens is 1. The number of benzene rings is 1. The number of hydrogen-bond donors (Lipinski definition) is 2. The first kappa shape index (κ1) is 13.5. The van der Waals surface area contributed by atoms with Crippen LogP contribution in [0.5, 0.6) is 0 Å². The van der Waals surface area contributed by atoms with Crippen LogP contribution >= 0.6 is 11.6 Å². The van der Waals surface area contributed by atoms with Crippen molar-refractivity contribution in [1.29, 1.82) is 0 Å². The number of nitrogens with one attached hydrogen (secondary N) is 1. The number of ether oxygens (including phenoxy) is 1. The van der Waals surface area contributed by atoms with Crippen LogP contribution in [-0.4, -0.2) is 31.5 Å². The van der Waals surface area contributed by atoms with Gasteiger partial charge in [0.25, 0.3) is 0 Å². The van der Waals surface area contributed by atoms with Gasteiger partial charge < -0.3 is 15.2 Å². The Labute approximate surface area is 101 Å². The van der Waals surface area contributed by atoms with Gasteiger partial charge in [0.1, 0.15) is 0 Å². The second-order valence-electron chi connectivity index (χ2n) is 3.64. The van der Waals surface area contributed by atoms with E-state index in [-0.39, 0.29) is 12.6 Å². The number of hydrogen-bond acceptors (Lipinski definition) is 3. The van der Waals surface area contributed by atoms with E-state index in [4.69, 9.17) is 21.4 Å². The molecule has 16 heavy (non-hydrogen) atoms. The summed E-state index contributed by atoms with van der Waals surface area (Å²) in [5.41, 5.74) is 1.06. The van der Waals surface area contributed by atoms with Gasteiger partial charge in [0.05, 0.1) is 6.61 Å². The maximum Gasteiger partial charge on any atom is 0.0616 e. The van der Waals surface area contributed by atoms with Crippen molar-refractivity contribution in [3.05, 3.63) is 34.9 Å². The summed E-state index contributed by atoms with van der Waals surface area (Å²) < 4.78 is 5.07. The number of aliphatic hydroxyl groups is 1. The van der Waals surface area contributed by atoms with Gasteiger partial charge >= 0.3 is 0 Å². The van der Waals surface area contributed by atoms with Crippen LogP contribution in [0.15, 0.2) is 24.3 Å². The predicted octanol–water partition coefficient (Wildman–Crippen LogP) is 1.83. The topological polar surface area (TPSA) is 41.5 Å². The van der Waals surface area contributed by atoms with Gasteiger partial charge in [-0.3, -0.25) is 0 Å². The van der Waals surface area contributed by atoms with Crippen LogP contribution in [0.2, 0.25) is 5.02 Å². The Kier molecular flexibility index (Phi) is 6.42. The Hall–Kier alpha value is -0.610. The summed E-state index contributed by atoms with van der Waals surface area (Å²) in [5, 5.41) is 13.0. The van der Waals surface area contributed by atoms with Crippen LogP contribution in [0, 0.1) is 0 Å². The van der Waals surface area contributed by atoms with Gasteiger partial charge in [0.2, 0.25) is 0 Å². The molecule has 0 aliphatic heterocycles. The van der Waals surface area contributed by atoms with E-state index in [2.05, 4.69) is 5.32 Å². The van der Waals surface area contributed by atoms with Gasteiger partial charge in [-0.1, -0.05) is 29.8 Å². The van der Waals surface area contributed by atoms with Crippen molar-refractivity contribution in [3.63, 3.8) is 0 Å². The molecule has 1 aromatic carbocycles. The van der Waals surface area contributed by atoms with Crippen LogP contribution in [0.25, 0.3) is 0 Å². The Morgan fingerprint density at radius 2 is 2.19 bits per heavy atom. The molecule has 1 aromatic rings. The molecule has 0 bridgehead atoms. The van der Waals surface area contributed by atoms with Crippen LogP contribution in [0.4, 0.5) is 0 Å². The van der Waals surface area contributed by atoms with Gasteiger partial charge in [0, 0.05) is 31.3 Å². The minimum atomic E-state index is 0.156. The summed E-state index contributed by atoms with van der Waals surface area (Å²) in [6.07, 6.45) is 0.679. The van der Waals surface area contributed by atoms with Crippen molar-refractivity contribution in [2.45, 2.75) is 19.0 Å². The molecule has 0 fully saturated rings. The van der Waals surface area contributed by atoms with E-state index in [0.29, 0.717) is 19.6 Å². The third-order valence-corrected chi connectivity index (χ3v) is 2.75. The molecular formula is C12H18ClNO2. The molecule has 0 aliphatic carbocycles. The lowest BCUT2D eigenvalue weighted by atomic mass is 10.2. The van der Waals surface area contributed by atoms with Crippen molar-refractivity contribution in [2.75, 3.05) is 20.3 Å². The fraction of sp³-hybridized carbons (Fsp3) is 0.500. The quantitative estimate of drug-likeness (QED) is 0.768. The SMILES string of the molecule is COCC(CCO)NCc1ccccc1Cl. The fourth-order valence-corrected chi connectivity index (χ4v) is 1.70. The molecule has 1 rings (SSSR count).